The number of nitrogens with zero attached hydrogens (tertiary/aromatic N) is 3. The minimum atomic E-state index is -0.689. The fourth-order valence-electron chi connectivity index (χ4n) is 1.80. The molecule has 0 amide bonds. The van der Waals surface area contributed by atoms with Crippen LogP contribution in [0.3, 0.4) is 0 Å². The maximum absolute atomic E-state index is 13.8. The van der Waals surface area contributed by atoms with Gasteiger partial charge in [-0.25, -0.2) is 14.2 Å². The second kappa shape index (κ2) is 5.68. The molecule has 0 spiro atoms. The molecule has 0 fully saturated rings. The van der Waals surface area contributed by atoms with Crippen LogP contribution in [-0.2, 0) is 0 Å². The summed E-state index contributed by atoms with van der Waals surface area (Å²) in [5, 5.41) is 2.71. The molecule has 2 aromatic heterocycles. The van der Waals surface area contributed by atoms with Crippen LogP contribution in [0.25, 0.3) is 11.4 Å². The number of aromatic nitrogens is 4. The van der Waals surface area contributed by atoms with E-state index in [0.717, 1.165) is 6.07 Å². The fraction of sp³-hybridized carbons (Fsp3) is 0. The molecule has 0 unspecified atom stereocenters. The van der Waals surface area contributed by atoms with E-state index in [2.05, 4.69) is 25.3 Å². The van der Waals surface area contributed by atoms with Crippen LogP contribution < -0.4 is 11.0 Å². The van der Waals surface area contributed by atoms with Gasteiger partial charge in [-0.1, -0.05) is 12.1 Å². The molecule has 3 rings (SSSR count). The van der Waals surface area contributed by atoms with E-state index in [1.807, 2.05) is 0 Å². The van der Waals surface area contributed by atoms with Crippen LogP contribution in [0.4, 0.5) is 20.4 Å². The summed E-state index contributed by atoms with van der Waals surface area (Å²) in [4.78, 5) is 25.1. The average Bonchev–Trinajstić information content (AvgIpc) is 2.49. The lowest BCUT2D eigenvalue weighted by Crippen LogP contribution is -2.16. The summed E-state index contributed by atoms with van der Waals surface area (Å²) in [6.45, 7) is 0. The number of benzene rings is 1. The number of hydrogen-bond donors (Lipinski definition) is 2. The molecule has 0 aliphatic carbocycles. The largest absolute Gasteiger partial charge is 0.349 e. The lowest BCUT2D eigenvalue weighted by atomic mass is 10.2. The molecule has 0 saturated heterocycles. The van der Waals surface area contributed by atoms with Crippen molar-refractivity contribution >= 4 is 11.6 Å². The normalized spacial score (nSPS) is 10.5. The number of halogens is 2. The number of hydrogen-bond acceptors (Lipinski definition) is 5. The van der Waals surface area contributed by atoms with Gasteiger partial charge in [0.2, 0.25) is 11.9 Å². The Labute approximate surface area is 122 Å². The molecule has 0 bridgehead atoms. The Bertz CT molecular complexity index is 864. The van der Waals surface area contributed by atoms with Crippen molar-refractivity contribution < 1.29 is 8.78 Å². The number of H-pyrrole nitrogens is 1. The van der Waals surface area contributed by atoms with Crippen LogP contribution in [0.15, 0.2) is 47.4 Å². The van der Waals surface area contributed by atoms with Gasteiger partial charge in [0.1, 0.15) is 11.6 Å². The van der Waals surface area contributed by atoms with Crippen molar-refractivity contribution in [1.82, 2.24) is 19.9 Å². The zero-order valence-electron chi connectivity index (χ0n) is 11.0. The maximum atomic E-state index is 13.8. The second-order valence-electron chi connectivity index (χ2n) is 4.30. The van der Waals surface area contributed by atoms with Gasteiger partial charge < -0.3 is 5.32 Å². The summed E-state index contributed by atoms with van der Waals surface area (Å²) >= 11 is 0. The predicted octanol–water partition coefficient (Wildman–Crippen LogP) is 2.25. The monoisotopic (exact) mass is 301 g/mol. The van der Waals surface area contributed by atoms with E-state index < -0.39 is 17.5 Å². The van der Waals surface area contributed by atoms with Gasteiger partial charge >= 0.3 is 5.69 Å². The molecule has 3 aromatic rings. The van der Waals surface area contributed by atoms with E-state index in [1.165, 1.54) is 30.5 Å². The van der Waals surface area contributed by atoms with E-state index in [0.29, 0.717) is 5.69 Å². The Hall–Kier alpha value is -3.16. The summed E-state index contributed by atoms with van der Waals surface area (Å²) in [6, 6.07) is 8.45. The highest BCUT2D eigenvalue weighted by Crippen LogP contribution is 2.19. The topological polar surface area (TPSA) is 83.6 Å². The van der Waals surface area contributed by atoms with E-state index in [4.69, 9.17) is 0 Å². The van der Waals surface area contributed by atoms with Crippen LogP contribution in [-0.4, -0.2) is 19.9 Å². The van der Waals surface area contributed by atoms with E-state index in [1.54, 1.807) is 6.07 Å². The zero-order valence-corrected chi connectivity index (χ0v) is 11.0. The summed E-state index contributed by atoms with van der Waals surface area (Å²) in [5.41, 5.74) is -0.153. The molecular formula is C14H9F2N5O. The third-order valence-electron chi connectivity index (χ3n) is 2.76. The molecule has 0 radical (unpaired) electrons. The van der Waals surface area contributed by atoms with Gasteiger partial charge in [0.15, 0.2) is 0 Å². The van der Waals surface area contributed by atoms with Crippen LogP contribution in [0, 0.1) is 11.8 Å². The van der Waals surface area contributed by atoms with E-state index in [-0.39, 0.29) is 17.3 Å². The van der Waals surface area contributed by atoms with Gasteiger partial charge in [0.25, 0.3) is 0 Å². The fourth-order valence-corrected chi connectivity index (χ4v) is 1.80. The van der Waals surface area contributed by atoms with Gasteiger partial charge in [-0.2, -0.15) is 14.4 Å². The van der Waals surface area contributed by atoms with Crippen molar-refractivity contribution in [3.05, 3.63) is 64.8 Å². The molecular weight excluding hydrogens is 292 g/mol. The standard InChI is InChI=1S/C14H9F2N5O/c15-10-4-2-1-3-9(10)12-19-13(21-14(22)20-12)18-8-5-6-11(16)17-7-8/h1-7H,(H2,18,19,20,21,22). The maximum Gasteiger partial charge on any atom is 0.349 e. The highest BCUT2D eigenvalue weighted by Gasteiger charge is 2.09. The molecule has 6 nitrogen and oxygen atoms in total. The number of pyridine rings is 1. The summed E-state index contributed by atoms with van der Waals surface area (Å²) in [7, 11) is 0. The Morgan fingerprint density at radius 2 is 1.86 bits per heavy atom. The predicted molar refractivity (Wildman–Crippen MR) is 75.5 cm³/mol. The Morgan fingerprint density at radius 1 is 1.05 bits per heavy atom. The number of anilines is 2. The summed E-state index contributed by atoms with van der Waals surface area (Å²) < 4.78 is 26.5. The minimum absolute atomic E-state index is 0.0377. The van der Waals surface area contributed by atoms with Crippen LogP contribution in [0.1, 0.15) is 0 Å². The van der Waals surface area contributed by atoms with Crippen molar-refractivity contribution in [1.29, 1.82) is 0 Å². The molecule has 110 valence electrons. The molecule has 0 aliphatic rings. The lowest BCUT2D eigenvalue weighted by Gasteiger charge is -2.06. The first-order valence-electron chi connectivity index (χ1n) is 6.24. The van der Waals surface area contributed by atoms with Crippen molar-refractivity contribution in [2.45, 2.75) is 0 Å². The molecule has 1 aromatic carbocycles. The molecule has 2 N–H and O–H groups in total. The Kier molecular flexibility index (Phi) is 3.57. The molecule has 22 heavy (non-hydrogen) atoms. The van der Waals surface area contributed by atoms with Gasteiger partial charge in [-0.3, -0.25) is 4.98 Å². The minimum Gasteiger partial charge on any atom is -0.323 e. The van der Waals surface area contributed by atoms with Crippen molar-refractivity contribution in [3.8, 4) is 11.4 Å². The second-order valence-corrected chi connectivity index (χ2v) is 4.30. The van der Waals surface area contributed by atoms with Gasteiger partial charge in [-0.05, 0) is 24.3 Å². The van der Waals surface area contributed by atoms with Crippen molar-refractivity contribution in [2.24, 2.45) is 0 Å². The van der Waals surface area contributed by atoms with Crippen LogP contribution >= 0.6 is 0 Å². The Balaban J connectivity index is 1.98. The summed E-state index contributed by atoms with van der Waals surface area (Å²) in [5.74, 6) is -1.17. The number of aromatic amines is 1. The smallest absolute Gasteiger partial charge is 0.323 e. The first-order chi connectivity index (χ1) is 10.6. The summed E-state index contributed by atoms with van der Waals surface area (Å²) in [6.07, 6.45) is 1.22. The third kappa shape index (κ3) is 2.95. The third-order valence-corrected chi connectivity index (χ3v) is 2.76. The van der Waals surface area contributed by atoms with Crippen LogP contribution in [0.5, 0.6) is 0 Å². The first-order valence-corrected chi connectivity index (χ1v) is 6.24. The quantitative estimate of drug-likeness (QED) is 0.725. The van der Waals surface area contributed by atoms with Crippen molar-refractivity contribution in [3.63, 3.8) is 0 Å². The Morgan fingerprint density at radius 3 is 2.59 bits per heavy atom. The molecule has 8 heteroatoms. The molecule has 0 aliphatic heterocycles. The SMILES string of the molecule is O=c1nc(Nc2ccc(F)nc2)nc(-c2ccccc2F)[nH]1. The van der Waals surface area contributed by atoms with Gasteiger partial charge in [0.05, 0.1) is 17.4 Å². The van der Waals surface area contributed by atoms with Gasteiger partial charge in [-0.15, -0.1) is 0 Å². The zero-order chi connectivity index (χ0) is 15.5. The average molecular weight is 301 g/mol. The first kappa shape index (κ1) is 13.8. The number of nitrogens with one attached hydrogen (secondary N) is 2. The molecule has 2 heterocycles. The van der Waals surface area contributed by atoms with Crippen LogP contribution in [0.2, 0.25) is 0 Å². The van der Waals surface area contributed by atoms with Crippen molar-refractivity contribution in [2.75, 3.05) is 5.32 Å². The molecule has 0 atom stereocenters. The van der Waals surface area contributed by atoms with E-state index >= 15 is 0 Å². The highest BCUT2D eigenvalue weighted by molar-refractivity contribution is 5.58. The van der Waals surface area contributed by atoms with E-state index in [9.17, 15) is 13.6 Å². The van der Waals surface area contributed by atoms with Gasteiger partial charge in [0, 0.05) is 0 Å². The molecule has 0 saturated carbocycles. The number of rotatable bonds is 3. The highest BCUT2D eigenvalue weighted by atomic mass is 19.1. The lowest BCUT2D eigenvalue weighted by molar-refractivity contribution is 0.584.